The molecule has 0 aliphatic carbocycles. The van der Waals surface area contributed by atoms with Crippen LogP contribution in [-0.4, -0.2) is 34.1 Å². The number of carboxylic acids is 1. The van der Waals surface area contributed by atoms with E-state index in [-0.39, 0.29) is 12.2 Å². The molecule has 1 aromatic heterocycles. The normalized spacial score (nSPS) is 14.0. The van der Waals surface area contributed by atoms with Gasteiger partial charge in [-0.3, -0.25) is 0 Å². The van der Waals surface area contributed by atoms with Crippen molar-refractivity contribution in [3.8, 4) is 5.75 Å². The number of carbonyl (C=O) groups is 1. The van der Waals surface area contributed by atoms with Crippen LogP contribution in [0.1, 0.15) is 34.6 Å². The Morgan fingerprint density at radius 2 is 1.96 bits per heavy atom. The number of hydrogen-bond acceptors (Lipinski definition) is 5. The van der Waals surface area contributed by atoms with Crippen molar-refractivity contribution in [1.29, 1.82) is 0 Å². The van der Waals surface area contributed by atoms with Gasteiger partial charge in [0.05, 0.1) is 0 Å². The molecule has 3 rings (SSSR count). The molecule has 0 unspecified atom stereocenters. The maximum atomic E-state index is 11.4. The second-order valence-electron chi connectivity index (χ2n) is 5.62. The molecular weight excluding hydrogens is 294 g/mol. The zero-order valence-electron chi connectivity index (χ0n) is 13.0. The van der Waals surface area contributed by atoms with Crippen LogP contribution in [0.2, 0.25) is 0 Å². The van der Waals surface area contributed by atoms with Gasteiger partial charge in [0.25, 0.3) is 0 Å². The van der Waals surface area contributed by atoms with Gasteiger partial charge in [0.1, 0.15) is 23.7 Å². The third kappa shape index (κ3) is 3.59. The van der Waals surface area contributed by atoms with Gasteiger partial charge in [-0.25, -0.2) is 14.8 Å². The zero-order chi connectivity index (χ0) is 16.2. The van der Waals surface area contributed by atoms with Crippen molar-refractivity contribution in [2.75, 3.05) is 18.0 Å². The minimum Gasteiger partial charge on any atom is -0.486 e. The molecule has 0 bridgehead atoms. The molecule has 120 valence electrons. The van der Waals surface area contributed by atoms with E-state index in [1.54, 1.807) is 0 Å². The molecule has 1 N–H and O–H groups in total. The van der Waals surface area contributed by atoms with Crippen LogP contribution in [0.25, 0.3) is 0 Å². The maximum Gasteiger partial charge on any atom is 0.341 e. The summed E-state index contributed by atoms with van der Waals surface area (Å²) in [6.07, 6.45) is 3.48. The van der Waals surface area contributed by atoms with Crippen molar-refractivity contribution < 1.29 is 14.6 Å². The third-order valence-electron chi connectivity index (χ3n) is 3.84. The van der Waals surface area contributed by atoms with E-state index >= 15 is 0 Å². The summed E-state index contributed by atoms with van der Waals surface area (Å²) >= 11 is 0. The van der Waals surface area contributed by atoms with Gasteiger partial charge in [-0.1, -0.05) is 17.7 Å². The van der Waals surface area contributed by atoms with Crippen molar-refractivity contribution in [3.05, 3.63) is 47.4 Å². The Morgan fingerprint density at radius 3 is 2.61 bits per heavy atom. The predicted molar refractivity (Wildman–Crippen MR) is 85.9 cm³/mol. The van der Waals surface area contributed by atoms with Crippen molar-refractivity contribution >= 4 is 11.8 Å². The molecule has 1 saturated heterocycles. The minimum absolute atomic E-state index is 0.144. The fourth-order valence-electron chi connectivity index (χ4n) is 2.58. The van der Waals surface area contributed by atoms with Gasteiger partial charge in [-0.15, -0.1) is 0 Å². The molecule has 2 heterocycles. The third-order valence-corrected chi connectivity index (χ3v) is 3.84. The molecule has 0 atom stereocenters. The molecular formula is C17H19N3O3. The average Bonchev–Trinajstić information content (AvgIpc) is 3.08. The Labute approximate surface area is 134 Å². The van der Waals surface area contributed by atoms with Crippen LogP contribution in [0.3, 0.4) is 0 Å². The highest BCUT2D eigenvalue weighted by Gasteiger charge is 2.22. The number of aromatic nitrogens is 2. The van der Waals surface area contributed by atoms with Gasteiger partial charge in [0, 0.05) is 19.3 Å². The van der Waals surface area contributed by atoms with Gasteiger partial charge in [0.15, 0.2) is 5.82 Å². The first kappa shape index (κ1) is 15.3. The van der Waals surface area contributed by atoms with Crippen molar-refractivity contribution in [3.63, 3.8) is 0 Å². The molecule has 0 saturated carbocycles. The van der Waals surface area contributed by atoms with Crippen LogP contribution >= 0.6 is 0 Å². The summed E-state index contributed by atoms with van der Waals surface area (Å²) in [5.41, 5.74) is 1.31. The fourth-order valence-corrected chi connectivity index (χ4v) is 2.58. The van der Waals surface area contributed by atoms with E-state index < -0.39 is 5.97 Å². The lowest BCUT2D eigenvalue weighted by Crippen LogP contribution is -2.23. The first-order chi connectivity index (χ1) is 11.1. The van der Waals surface area contributed by atoms with E-state index in [2.05, 4.69) is 9.97 Å². The molecule has 1 aromatic carbocycles. The summed E-state index contributed by atoms with van der Waals surface area (Å²) in [7, 11) is 0. The molecule has 0 spiro atoms. The second kappa shape index (κ2) is 6.64. The Kier molecular flexibility index (Phi) is 4.41. The lowest BCUT2D eigenvalue weighted by atomic mass is 10.2. The van der Waals surface area contributed by atoms with E-state index in [0.717, 1.165) is 37.2 Å². The van der Waals surface area contributed by atoms with Gasteiger partial charge >= 0.3 is 5.97 Å². The number of aromatic carboxylic acids is 1. The van der Waals surface area contributed by atoms with Gasteiger partial charge < -0.3 is 14.7 Å². The Bertz CT molecular complexity index is 695. The van der Waals surface area contributed by atoms with Crippen LogP contribution < -0.4 is 9.64 Å². The van der Waals surface area contributed by atoms with E-state index in [1.807, 2.05) is 36.1 Å². The van der Waals surface area contributed by atoms with E-state index in [4.69, 9.17) is 4.74 Å². The number of hydrogen-bond donors (Lipinski definition) is 1. The van der Waals surface area contributed by atoms with E-state index in [9.17, 15) is 9.90 Å². The molecule has 23 heavy (non-hydrogen) atoms. The summed E-state index contributed by atoms with van der Waals surface area (Å²) in [4.78, 5) is 21.9. The number of nitrogens with zero attached hydrogens (tertiary/aromatic N) is 3. The first-order valence-electron chi connectivity index (χ1n) is 7.67. The number of anilines is 1. The molecule has 6 nitrogen and oxygen atoms in total. The smallest absolute Gasteiger partial charge is 0.341 e. The summed E-state index contributed by atoms with van der Waals surface area (Å²) in [5.74, 6) is 0.715. The lowest BCUT2D eigenvalue weighted by molar-refractivity contribution is 0.0696. The summed E-state index contributed by atoms with van der Waals surface area (Å²) in [6.45, 7) is 3.88. The topological polar surface area (TPSA) is 75.6 Å². The number of aryl methyl sites for hydroxylation is 1. The summed E-state index contributed by atoms with van der Waals surface area (Å²) < 4.78 is 5.67. The summed E-state index contributed by atoms with van der Waals surface area (Å²) in [5, 5.41) is 9.31. The standard InChI is InChI=1S/C17H19N3O3/c1-12-4-6-13(7-5-12)23-11-15-18-10-14(17(21)22)16(19-15)20-8-2-3-9-20/h4-7,10H,2-3,8-9,11H2,1H3,(H,21,22). The quantitative estimate of drug-likeness (QED) is 0.914. The first-order valence-corrected chi connectivity index (χ1v) is 7.67. The minimum atomic E-state index is -1.00. The van der Waals surface area contributed by atoms with Crippen LogP contribution in [-0.2, 0) is 6.61 Å². The molecule has 2 aromatic rings. The maximum absolute atomic E-state index is 11.4. The van der Waals surface area contributed by atoms with Crippen LogP contribution in [0, 0.1) is 6.92 Å². The molecule has 6 heteroatoms. The van der Waals surface area contributed by atoms with Crippen molar-refractivity contribution in [2.24, 2.45) is 0 Å². The second-order valence-corrected chi connectivity index (χ2v) is 5.62. The molecule has 1 fully saturated rings. The lowest BCUT2D eigenvalue weighted by Gasteiger charge is -2.19. The van der Waals surface area contributed by atoms with Crippen molar-refractivity contribution in [1.82, 2.24) is 9.97 Å². The number of carboxylic acid groups (broad SMARTS) is 1. The SMILES string of the molecule is Cc1ccc(OCc2ncc(C(=O)O)c(N3CCCC3)n2)cc1. The number of rotatable bonds is 5. The largest absolute Gasteiger partial charge is 0.486 e. The predicted octanol–water partition coefficient (Wildman–Crippen LogP) is 2.66. The molecule has 1 aliphatic rings. The Morgan fingerprint density at radius 1 is 1.26 bits per heavy atom. The highest BCUT2D eigenvalue weighted by Crippen LogP contribution is 2.22. The molecule has 0 amide bonds. The van der Waals surface area contributed by atoms with Gasteiger partial charge in [0.2, 0.25) is 0 Å². The van der Waals surface area contributed by atoms with Crippen LogP contribution in [0.15, 0.2) is 30.5 Å². The van der Waals surface area contributed by atoms with E-state index in [0.29, 0.717) is 11.6 Å². The van der Waals surface area contributed by atoms with Crippen LogP contribution in [0.4, 0.5) is 5.82 Å². The van der Waals surface area contributed by atoms with Gasteiger partial charge in [-0.2, -0.15) is 0 Å². The molecule has 1 aliphatic heterocycles. The Hall–Kier alpha value is -2.63. The molecule has 0 radical (unpaired) electrons. The fraction of sp³-hybridized carbons (Fsp3) is 0.353. The highest BCUT2D eigenvalue weighted by atomic mass is 16.5. The van der Waals surface area contributed by atoms with Crippen LogP contribution in [0.5, 0.6) is 5.75 Å². The number of benzene rings is 1. The number of ether oxygens (including phenoxy) is 1. The monoisotopic (exact) mass is 313 g/mol. The Balaban J connectivity index is 1.78. The van der Waals surface area contributed by atoms with Gasteiger partial charge in [-0.05, 0) is 31.9 Å². The summed E-state index contributed by atoms with van der Waals surface area (Å²) in [6, 6.07) is 7.73. The average molecular weight is 313 g/mol. The highest BCUT2D eigenvalue weighted by molar-refractivity contribution is 5.93. The van der Waals surface area contributed by atoms with E-state index in [1.165, 1.54) is 6.20 Å². The van der Waals surface area contributed by atoms with Crippen molar-refractivity contribution in [2.45, 2.75) is 26.4 Å². The zero-order valence-corrected chi connectivity index (χ0v) is 13.0.